The minimum Gasteiger partial charge on any atom is -0.357 e. The second-order valence-corrected chi connectivity index (χ2v) is 6.12. The van der Waals surface area contributed by atoms with Crippen molar-refractivity contribution in [2.45, 2.75) is 52.6 Å². The predicted octanol–water partition coefficient (Wildman–Crippen LogP) is 2.42. The lowest BCUT2D eigenvalue weighted by Crippen LogP contribution is -2.42. The van der Waals surface area contributed by atoms with E-state index in [4.69, 9.17) is 0 Å². The fraction of sp³-hybridized carbons (Fsp3) is 0.526. The lowest BCUT2D eigenvalue weighted by Gasteiger charge is -2.18. The Kier molecular flexibility index (Phi) is 7.95. The van der Waals surface area contributed by atoms with Gasteiger partial charge in [0.15, 0.2) is 5.96 Å². The third-order valence-corrected chi connectivity index (χ3v) is 4.06. The first-order chi connectivity index (χ1) is 12.2. The third kappa shape index (κ3) is 6.57. The molecule has 0 radical (unpaired) electrons. The first-order valence-corrected chi connectivity index (χ1v) is 9.18. The highest BCUT2D eigenvalue weighted by Crippen LogP contribution is 2.04. The maximum Gasteiger partial charge on any atom is 0.191 e. The lowest BCUT2D eigenvalue weighted by atomic mass is 10.1. The predicted molar refractivity (Wildman–Crippen MR) is 103 cm³/mol. The van der Waals surface area contributed by atoms with E-state index in [1.807, 2.05) is 0 Å². The molecule has 1 aromatic carbocycles. The highest BCUT2D eigenvalue weighted by Gasteiger charge is 2.06. The summed E-state index contributed by atoms with van der Waals surface area (Å²) in [5.41, 5.74) is 1.37. The Morgan fingerprint density at radius 3 is 2.76 bits per heavy atom. The molecule has 0 amide bonds. The van der Waals surface area contributed by atoms with E-state index in [-0.39, 0.29) is 0 Å². The van der Waals surface area contributed by atoms with Crippen LogP contribution in [0, 0.1) is 0 Å². The van der Waals surface area contributed by atoms with Gasteiger partial charge in [0, 0.05) is 25.6 Å². The number of guanidine groups is 1. The summed E-state index contributed by atoms with van der Waals surface area (Å²) in [6.07, 6.45) is 4.80. The van der Waals surface area contributed by atoms with Gasteiger partial charge in [-0.15, -0.1) is 10.2 Å². The van der Waals surface area contributed by atoms with Crippen LogP contribution in [0.3, 0.4) is 0 Å². The van der Waals surface area contributed by atoms with E-state index < -0.39 is 0 Å². The summed E-state index contributed by atoms with van der Waals surface area (Å²) in [7, 11) is 0. The van der Waals surface area contributed by atoms with Gasteiger partial charge in [0.05, 0.1) is 6.54 Å². The summed E-state index contributed by atoms with van der Waals surface area (Å²) in [5, 5.41) is 14.9. The molecule has 136 valence electrons. The molecule has 2 N–H and O–H groups in total. The van der Waals surface area contributed by atoms with Crippen molar-refractivity contribution in [1.29, 1.82) is 0 Å². The molecule has 0 saturated heterocycles. The molecule has 0 bridgehead atoms. The molecule has 1 unspecified atom stereocenters. The largest absolute Gasteiger partial charge is 0.357 e. The van der Waals surface area contributed by atoms with E-state index in [1.165, 1.54) is 5.56 Å². The van der Waals surface area contributed by atoms with Crippen LogP contribution in [-0.2, 0) is 19.4 Å². The maximum absolute atomic E-state index is 4.68. The number of rotatable bonds is 9. The van der Waals surface area contributed by atoms with Crippen LogP contribution < -0.4 is 10.6 Å². The molecular formula is C19H30N6. The number of aryl methyl sites for hydroxylation is 2. The number of benzene rings is 1. The molecule has 0 spiro atoms. The van der Waals surface area contributed by atoms with E-state index in [1.54, 1.807) is 6.33 Å². The Labute approximate surface area is 150 Å². The molecule has 0 fully saturated rings. The SMILES string of the molecule is CCNC(=NCCn1cnnc1CC)NC(C)CCc1ccccc1. The Morgan fingerprint density at radius 2 is 2.04 bits per heavy atom. The van der Waals surface area contributed by atoms with Crippen LogP contribution in [0.25, 0.3) is 0 Å². The Balaban J connectivity index is 1.82. The smallest absolute Gasteiger partial charge is 0.191 e. The Bertz CT molecular complexity index is 634. The van der Waals surface area contributed by atoms with E-state index >= 15 is 0 Å². The number of nitrogens with zero attached hydrogens (tertiary/aromatic N) is 4. The maximum atomic E-state index is 4.68. The summed E-state index contributed by atoms with van der Waals surface area (Å²) >= 11 is 0. The summed E-state index contributed by atoms with van der Waals surface area (Å²) < 4.78 is 2.06. The van der Waals surface area contributed by atoms with Crippen LogP contribution in [0.4, 0.5) is 0 Å². The van der Waals surface area contributed by atoms with E-state index in [0.29, 0.717) is 12.6 Å². The van der Waals surface area contributed by atoms with Gasteiger partial charge in [0.2, 0.25) is 0 Å². The number of hydrogen-bond donors (Lipinski definition) is 2. The molecule has 1 atom stereocenters. The van der Waals surface area contributed by atoms with Crippen molar-refractivity contribution < 1.29 is 0 Å². The summed E-state index contributed by atoms with van der Waals surface area (Å²) in [6.45, 7) is 8.72. The van der Waals surface area contributed by atoms with Crippen molar-refractivity contribution >= 4 is 5.96 Å². The van der Waals surface area contributed by atoms with Crippen molar-refractivity contribution in [1.82, 2.24) is 25.4 Å². The second kappa shape index (κ2) is 10.5. The van der Waals surface area contributed by atoms with Crippen LogP contribution >= 0.6 is 0 Å². The minimum absolute atomic E-state index is 0.360. The zero-order valence-corrected chi connectivity index (χ0v) is 15.6. The number of aromatic nitrogens is 3. The molecule has 6 heteroatoms. The highest BCUT2D eigenvalue weighted by atomic mass is 15.3. The molecule has 0 aliphatic rings. The molecule has 2 aromatic rings. The summed E-state index contributed by atoms with van der Waals surface area (Å²) in [5.74, 6) is 1.87. The molecule has 0 saturated carbocycles. The topological polar surface area (TPSA) is 67.1 Å². The molecule has 2 rings (SSSR count). The minimum atomic E-state index is 0.360. The van der Waals surface area contributed by atoms with Crippen molar-refractivity contribution in [3.05, 3.63) is 48.0 Å². The zero-order valence-electron chi connectivity index (χ0n) is 15.6. The van der Waals surface area contributed by atoms with Gasteiger partial charge in [-0.05, 0) is 32.3 Å². The number of hydrogen-bond acceptors (Lipinski definition) is 3. The highest BCUT2D eigenvalue weighted by molar-refractivity contribution is 5.80. The fourth-order valence-corrected chi connectivity index (χ4v) is 2.66. The molecule has 6 nitrogen and oxygen atoms in total. The first kappa shape index (κ1) is 19.0. The normalized spacial score (nSPS) is 12.8. The summed E-state index contributed by atoms with van der Waals surface area (Å²) in [4.78, 5) is 4.68. The average Bonchev–Trinajstić information content (AvgIpc) is 3.08. The van der Waals surface area contributed by atoms with E-state index in [9.17, 15) is 0 Å². The van der Waals surface area contributed by atoms with E-state index in [0.717, 1.165) is 44.1 Å². The van der Waals surface area contributed by atoms with Gasteiger partial charge in [-0.1, -0.05) is 37.3 Å². The first-order valence-electron chi connectivity index (χ1n) is 9.18. The van der Waals surface area contributed by atoms with Crippen LogP contribution in [0.5, 0.6) is 0 Å². The van der Waals surface area contributed by atoms with Gasteiger partial charge >= 0.3 is 0 Å². The Morgan fingerprint density at radius 1 is 1.24 bits per heavy atom. The Hall–Kier alpha value is -2.37. The van der Waals surface area contributed by atoms with Crippen LogP contribution in [0.2, 0.25) is 0 Å². The van der Waals surface area contributed by atoms with Crippen molar-refractivity contribution in [3.63, 3.8) is 0 Å². The van der Waals surface area contributed by atoms with Gasteiger partial charge in [0.1, 0.15) is 12.2 Å². The molecule has 0 aliphatic heterocycles. The monoisotopic (exact) mass is 342 g/mol. The van der Waals surface area contributed by atoms with Gasteiger partial charge < -0.3 is 15.2 Å². The van der Waals surface area contributed by atoms with Crippen molar-refractivity contribution in [2.24, 2.45) is 4.99 Å². The average molecular weight is 342 g/mol. The van der Waals surface area contributed by atoms with Gasteiger partial charge in [-0.25, -0.2) is 0 Å². The van der Waals surface area contributed by atoms with Gasteiger partial charge in [-0.3, -0.25) is 4.99 Å². The van der Waals surface area contributed by atoms with Gasteiger partial charge in [-0.2, -0.15) is 0 Å². The molecule has 0 aliphatic carbocycles. The zero-order chi connectivity index (χ0) is 17.9. The molecule has 1 heterocycles. The molecule has 1 aromatic heterocycles. The fourth-order valence-electron chi connectivity index (χ4n) is 2.66. The van der Waals surface area contributed by atoms with Crippen molar-refractivity contribution in [2.75, 3.05) is 13.1 Å². The second-order valence-electron chi connectivity index (χ2n) is 6.12. The quantitative estimate of drug-likeness (QED) is 0.542. The molecule has 25 heavy (non-hydrogen) atoms. The van der Waals surface area contributed by atoms with Crippen LogP contribution in [-0.4, -0.2) is 39.9 Å². The summed E-state index contributed by atoms with van der Waals surface area (Å²) in [6, 6.07) is 11.0. The van der Waals surface area contributed by atoms with Crippen molar-refractivity contribution in [3.8, 4) is 0 Å². The lowest BCUT2D eigenvalue weighted by molar-refractivity contribution is 0.590. The van der Waals surface area contributed by atoms with Crippen LogP contribution in [0.15, 0.2) is 41.7 Å². The number of aliphatic imine (C=N–C) groups is 1. The van der Waals surface area contributed by atoms with E-state index in [2.05, 4.69) is 81.5 Å². The van der Waals surface area contributed by atoms with Crippen LogP contribution in [0.1, 0.15) is 38.6 Å². The number of nitrogens with one attached hydrogen (secondary N) is 2. The van der Waals surface area contributed by atoms with Gasteiger partial charge in [0.25, 0.3) is 0 Å². The molecular weight excluding hydrogens is 312 g/mol. The third-order valence-electron chi connectivity index (χ3n) is 4.06. The standard InChI is InChI=1S/C19H30N6/c1-4-18-24-22-15-25(18)14-13-21-19(20-5-2)23-16(3)11-12-17-9-7-6-8-10-17/h6-10,15-16H,4-5,11-14H2,1-3H3,(H2,20,21,23).